The first-order chi connectivity index (χ1) is 20.2. The number of benzene rings is 2. The van der Waals surface area contributed by atoms with Crippen LogP contribution in [0.5, 0.6) is 0 Å². The summed E-state index contributed by atoms with van der Waals surface area (Å²) in [6, 6.07) is 17.0. The van der Waals surface area contributed by atoms with Crippen molar-refractivity contribution in [3.8, 4) is 0 Å². The Balaban J connectivity index is 1.57. The van der Waals surface area contributed by atoms with Crippen molar-refractivity contribution in [1.29, 1.82) is 0 Å². The Morgan fingerprint density at radius 2 is 1.49 bits per heavy atom. The second kappa shape index (κ2) is 13.3. The molecule has 4 nitrogen and oxygen atoms in total. The predicted molar refractivity (Wildman–Crippen MR) is 178 cm³/mol. The SMILES string of the molecule is CC1=CCC2C(C)(C)CCCC2(C)C1CC/C(C)=C/C(C/C(C)=C/CS(=O)(=O)c1ccccc1)S(=O)(=O)c1ccccc1. The van der Waals surface area contributed by atoms with Gasteiger partial charge in [-0.3, -0.25) is 0 Å². The third-order valence-electron chi connectivity index (χ3n) is 10.3. The van der Waals surface area contributed by atoms with E-state index in [1.54, 1.807) is 60.7 Å². The van der Waals surface area contributed by atoms with Crippen LogP contribution >= 0.6 is 0 Å². The smallest absolute Gasteiger partial charge is 0.185 e. The number of fused-ring (bicyclic) bond motifs is 1. The molecule has 4 atom stereocenters. The number of hydrogen-bond donors (Lipinski definition) is 0. The van der Waals surface area contributed by atoms with E-state index in [0.29, 0.717) is 22.1 Å². The van der Waals surface area contributed by atoms with Gasteiger partial charge in [-0.2, -0.15) is 0 Å². The number of sulfone groups is 2. The van der Waals surface area contributed by atoms with Crippen LogP contribution in [-0.4, -0.2) is 27.8 Å². The zero-order valence-electron chi connectivity index (χ0n) is 26.8. The van der Waals surface area contributed by atoms with Crippen molar-refractivity contribution in [2.24, 2.45) is 22.7 Å². The third-order valence-corrected chi connectivity index (χ3v) is 14.0. The van der Waals surface area contributed by atoms with Crippen LogP contribution < -0.4 is 0 Å². The maximum atomic E-state index is 13.9. The Morgan fingerprint density at radius 1 is 0.884 bits per heavy atom. The molecule has 0 amide bonds. The standard InChI is InChI=1S/C37H50O4S2/c1-28(18-20-34-30(3)19-21-35-36(4,5)23-13-24-37(34,35)6)26-33(43(40,41)32-16-11-8-12-17-32)27-29(2)22-25-42(38,39)31-14-9-7-10-15-31/h7-12,14-17,19,22,26,33-35H,13,18,20-21,23-25,27H2,1-6H3/b28-26+,29-22+. The highest BCUT2D eigenvalue weighted by Crippen LogP contribution is 2.60. The van der Waals surface area contributed by atoms with Gasteiger partial charge in [-0.05, 0) is 106 Å². The van der Waals surface area contributed by atoms with Crippen LogP contribution in [0.1, 0.15) is 86.5 Å². The van der Waals surface area contributed by atoms with Gasteiger partial charge in [0.1, 0.15) is 0 Å². The molecule has 2 aromatic carbocycles. The van der Waals surface area contributed by atoms with Gasteiger partial charge in [0.15, 0.2) is 19.7 Å². The fourth-order valence-corrected chi connectivity index (χ4v) is 10.9. The summed E-state index contributed by atoms with van der Waals surface area (Å²) in [5.41, 5.74) is 3.90. The van der Waals surface area contributed by atoms with E-state index in [0.717, 1.165) is 30.4 Å². The summed E-state index contributed by atoms with van der Waals surface area (Å²) in [5, 5.41) is -0.773. The van der Waals surface area contributed by atoms with Crippen LogP contribution in [-0.2, 0) is 19.7 Å². The average molecular weight is 623 g/mol. The monoisotopic (exact) mass is 622 g/mol. The number of allylic oxidation sites excluding steroid dienone is 4. The second-order valence-corrected chi connectivity index (χ2v) is 18.1. The van der Waals surface area contributed by atoms with Crippen LogP contribution in [0.2, 0.25) is 0 Å². The van der Waals surface area contributed by atoms with Gasteiger partial charge in [0.05, 0.1) is 20.8 Å². The van der Waals surface area contributed by atoms with E-state index in [1.807, 2.05) is 19.1 Å². The topological polar surface area (TPSA) is 68.3 Å². The zero-order chi connectivity index (χ0) is 31.5. The lowest BCUT2D eigenvalue weighted by atomic mass is 9.48. The van der Waals surface area contributed by atoms with E-state index >= 15 is 0 Å². The summed E-state index contributed by atoms with van der Waals surface area (Å²) < 4.78 is 53.5. The summed E-state index contributed by atoms with van der Waals surface area (Å²) in [7, 11) is -7.17. The minimum Gasteiger partial charge on any atom is -0.223 e. The molecule has 0 heterocycles. The molecule has 1 saturated carbocycles. The summed E-state index contributed by atoms with van der Waals surface area (Å²) in [6.07, 6.45) is 13.1. The molecule has 234 valence electrons. The van der Waals surface area contributed by atoms with Gasteiger partial charge < -0.3 is 0 Å². The molecule has 4 rings (SSSR count). The lowest BCUT2D eigenvalue weighted by Crippen LogP contribution is -2.48. The van der Waals surface area contributed by atoms with Crippen molar-refractivity contribution in [2.75, 3.05) is 5.75 Å². The van der Waals surface area contributed by atoms with Gasteiger partial charge in [0.2, 0.25) is 0 Å². The second-order valence-electron chi connectivity index (χ2n) is 13.9. The Kier molecular flexibility index (Phi) is 10.3. The van der Waals surface area contributed by atoms with Gasteiger partial charge in [0, 0.05) is 0 Å². The van der Waals surface area contributed by atoms with Crippen LogP contribution in [0.25, 0.3) is 0 Å². The molecule has 2 aliphatic rings. The molecule has 0 aliphatic heterocycles. The van der Waals surface area contributed by atoms with Crippen molar-refractivity contribution in [3.63, 3.8) is 0 Å². The number of hydrogen-bond acceptors (Lipinski definition) is 4. The summed E-state index contributed by atoms with van der Waals surface area (Å²) >= 11 is 0. The first-order valence-electron chi connectivity index (χ1n) is 15.7. The largest absolute Gasteiger partial charge is 0.223 e. The molecule has 2 aliphatic carbocycles. The lowest BCUT2D eigenvalue weighted by Gasteiger charge is -2.57. The fourth-order valence-electron chi connectivity index (χ4n) is 7.89. The lowest BCUT2D eigenvalue weighted by molar-refractivity contribution is -0.0390. The molecule has 0 aromatic heterocycles. The summed E-state index contributed by atoms with van der Waals surface area (Å²) in [4.78, 5) is 0.562. The quantitative estimate of drug-likeness (QED) is 0.234. The first kappa shape index (κ1) is 33.5. The Morgan fingerprint density at radius 3 is 2.12 bits per heavy atom. The van der Waals surface area contributed by atoms with E-state index < -0.39 is 24.9 Å². The highest BCUT2D eigenvalue weighted by atomic mass is 32.2. The zero-order valence-corrected chi connectivity index (χ0v) is 28.5. The molecule has 0 bridgehead atoms. The highest BCUT2D eigenvalue weighted by Gasteiger charge is 2.51. The number of rotatable bonds is 11. The Bertz CT molecular complexity index is 1570. The van der Waals surface area contributed by atoms with Crippen LogP contribution in [0.4, 0.5) is 0 Å². The minimum absolute atomic E-state index is 0.160. The molecular formula is C37H50O4S2. The van der Waals surface area contributed by atoms with Crippen LogP contribution in [0, 0.1) is 22.7 Å². The van der Waals surface area contributed by atoms with Gasteiger partial charge in [-0.1, -0.05) is 98.5 Å². The first-order valence-corrected chi connectivity index (χ1v) is 18.9. The van der Waals surface area contributed by atoms with E-state index in [1.165, 1.54) is 24.8 Å². The van der Waals surface area contributed by atoms with Gasteiger partial charge in [-0.15, -0.1) is 0 Å². The molecule has 2 aromatic rings. The third kappa shape index (κ3) is 7.62. The maximum absolute atomic E-state index is 13.9. The predicted octanol–water partition coefficient (Wildman–Crippen LogP) is 9.16. The minimum atomic E-state index is -3.68. The average Bonchev–Trinajstić information content (AvgIpc) is 2.96. The van der Waals surface area contributed by atoms with Crippen LogP contribution in [0.15, 0.2) is 105 Å². The van der Waals surface area contributed by atoms with Gasteiger partial charge in [0.25, 0.3) is 0 Å². The molecule has 0 saturated heterocycles. The molecule has 0 radical (unpaired) electrons. The van der Waals surface area contributed by atoms with Crippen LogP contribution in [0.3, 0.4) is 0 Å². The van der Waals surface area contributed by atoms with Gasteiger partial charge >= 0.3 is 0 Å². The van der Waals surface area contributed by atoms with E-state index in [2.05, 4.69) is 40.7 Å². The molecule has 0 N–H and O–H groups in total. The molecule has 0 spiro atoms. The Labute approximate surface area is 261 Å². The molecule has 4 unspecified atom stereocenters. The van der Waals surface area contributed by atoms with Crippen molar-refractivity contribution < 1.29 is 16.8 Å². The summed E-state index contributed by atoms with van der Waals surface area (Å²) in [5.74, 6) is 0.994. The van der Waals surface area contributed by atoms with Crippen molar-refractivity contribution in [3.05, 3.63) is 95.6 Å². The van der Waals surface area contributed by atoms with Crippen molar-refractivity contribution >= 4 is 19.7 Å². The molecule has 43 heavy (non-hydrogen) atoms. The summed E-state index contributed by atoms with van der Waals surface area (Å²) in [6.45, 7) is 13.5. The van der Waals surface area contributed by atoms with E-state index in [9.17, 15) is 16.8 Å². The van der Waals surface area contributed by atoms with E-state index in [4.69, 9.17) is 0 Å². The fraction of sp³-hybridized carbons (Fsp3) is 0.514. The maximum Gasteiger partial charge on any atom is 0.185 e. The Hall–Kier alpha value is -2.44. The molecular weight excluding hydrogens is 573 g/mol. The normalized spacial score (nSPS) is 25.5. The van der Waals surface area contributed by atoms with Crippen molar-refractivity contribution in [2.45, 2.75) is 102 Å². The van der Waals surface area contributed by atoms with Crippen molar-refractivity contribution in [1.82, 2.24) is 0 Å². The van der Waals surface area contributed by atoms with Gasteiger partial charge in [-0.25, -0.2) is 16.8 Å². The molecule has 6 heteroatoms. The van der Waals surface area contributed by atoms with E-state index in [-0.39, 0.29) is 22.5 Å². The molecule has 1 fully saturated rings. The highest BCUT2D eigenvalue weighted by molar-refractivity contribution is 7.92.